The predicted molar refractivity (Wildman–Crippen MR) is 68.5 cm³/mol. The SMILES string of the molecule is CCCCCCC(C)/C=C(/CC)NNC. The van der Waals surface area contributed by atoms with Gasteiger partial charge in [0.1, 0.15) is 0 Å². The van der Waals surface area contributed by atoms with Gasteiger partial charge in [0.05, 0.1) is 0 Å². The van der Waals surface area contributed by atoms with Crippen LogP contribution in [0.5, 0.6) is 0 Å². The van der Waals surface area contributed by atoms with Gasteiger partial charge in [-0.1, -0.05) is 52.5 Å². The second-order valence-electron chi connectivity index (χ2n) is 4.25. The van der Waals surface area contributed by atoms with Gasteiger partial charge in [0.2, 0.25) is 0 Å². The number of hydrazine groups is 1. The first-order valence-corrected chi connectivity index (χ1v) is 6.38. The number of hydrogen-bond donors (Lipinski definition) is 2. The fourth-order valence-electron chi connectivity index (χ4n) is 1.73. The van der Waals surface area contributed by atoms with Crippen molar-refractivity contribution in [1.29, 1.82) is 0 Å². The van der Waals surface area contributed by atoms with Gasteiger partial charge < -0.3 is 5.43 Å². The van der Waals surface area contributed by atoms with E-state index in [1.54, 1.807) is 0 Å². The van der Waals surface area contributed by atoms with Crippen molar-refractivity contribution in [2.75, 3.05) is 7.05 Å². The lowest BCUT2D eigenvalue weighted by atomic mass is 10.0. The molecule has 0 spiro atoms. The van der Waals surface area contributed by atoms with E-state index in [1.165, 1.54) is 37.8 Å². The van der Waals surface area contributed by atoms with Gasteiger partial charge in [0.15, 0.2) is 0 Å². The van der Waals surface area contributed by atoms with E-state index in [0.717, 1.165) is 6.42 Å². The monoisotopic (exact) mass is 212 g/mol. The topological polar surface area (TPSA) is 24.1 Å². The quantitative estimate of drug-likeness (QED) is 0.450. The Balaban J connectivity index is 3.72. The Kier molecular flexibility index (Phi) is 9.70. The van der Waals surface area contributed by atoms with Gasteiger partial charge in [-0.05, 0) is 18.8 Å². The van der Waals surface area contributed by atoms with E-state index < -0.39 is 0 Å². The Bertz CT molecular complexity index is 164. The van der Waals surface area contributed by atoms with E-state index in [0.29, 0.717) is 5.92 Å². The number of rotatable bonds is 9. The minimum absolute atomic E-state index is 0.692. The molecular weight excluding hydrogens is 184 g/mol. The van der Waals surface area contributed by atoms with Crippen molar-refractivity contribution < 1.29 is 0 Å². The van der Waals surface area contributed by atoms with Crippen LogP contribution in [0.3, 0.4) is 0 Å². The maximum atomic E-state index is 3.18. The molecule has 0 saturated carbocycles. The van der Waals surface area contributed by atoms with Gasteiger partial charge in [-0.2, -0.15) is 0 Å². The molecule has 1 unspecified atom stereocenters. The lowest BCUT2D eigenvalue weighted by Crippen LogP contribution is -2.26. The van der Waals surface area contributed by atoms with Crippen molar-refractivity contribution in [2.24, 2.45) is 5.92 Å². The maximum Gasteiger partial charge on any atom is 0.0221 e. The second-order valence-corrected chi connectivity index (χ2v) is 4.25. The molecule has 0 saturated heterocycles. The van der Waals surface area contributed by atoms with E-state index in [4.69, 9.17) is 0 Å². The number of hydrogen-bond acceptors (Lipinski definition) is 2. The van der Waals surface area contributed by atoms with E-state index in [-0.39, 0.29) is 0 Å². The molecule has 90 valence electrons. The zero-order valence-corrected chi connectivity index (χ0v) is 10.9. The summed E-state index contributed by atoms with van der Waals surface area (Å²) in [5.41, 5.74) is 7.46. The highest BCUT2D eigenvalue weighted by Crippen LogP contribution is 2.13. The lowest BCUT2D eigenvalue weighted by Gasteiger charge is -2.11. The van der Waals surface area contributed by atoms with Crippen LogP contribution in [-0.2, 0) is 0 Å². The molecule has 2 nitrogen and oxygen atoms in total. The van der Waals surface area contributed by atoms with Crippen molar-refractivity contribution in [3.8, 4) is 0 Å². The molecule has 0 radical (unpaired) electrons. The highest BCUT2D eigenvalue weighted by molar-refractivity contribution is 4.99. The highest BCUT2D eigenvalue weighted by atomic mass is 15.3. The Morgan fingerprint density at radius 3 is 2.47 bits per heavy atom. The molecule has 0 aromatic carbocycles. The maximum absolute atomic E-state index is 3.18. The fourth-order valence-corrected chi connectivity index (χ4v) is 1.73. The Morgan fingerprint density at radius 2 is 1.93 bits per heavy atom. The van der Waals surface area contributed by atoms with Crippen LogP contribution in [0.1, 0.15) is 59.3 Å². The standard InChI is InChI=1S/C13H28N2/c1-5-7-8-9-10-12(3)11-13(6-2)15-14-4/h11-12,14-15H,5-10H2,1-4H3/b13-11-. The van der Waals surface area contributed by atoms with Gasteiger partial charge in [-0.3, -0.25) is 0 Å². The molecule has 2 heteroatoms. The summed E-state index contributed by atoms with van der Waals surface area (Å²) in [6.45, 7) is 6.74. The summed E-state index contributed by atoms with van der Waals surface area (Å²) in [6, 6.07) is 0. The number of nitrogens with one attached hydrogen (secondary N) is 2. The summed E-state index contributed by atoms with van der Waals surface area (Å²) in [6.07, 6.45) is 10.2. The Hall–Kier alpha value is -0.500. The third-order valence-electron chi connectivity index (χ3n) is 2.67. The molecule has 0 bridgehead atoms. The summed E-state index contributed by atoms with van der Waals surface area (Å²) in [7, 11) is 1.91. The highest BCUT2D eigenvalue weighted by Gasteiger charge is 2.00. The molecule has 0 aromatic rings. The van der Waals surface area contributed by atoms with Crippen LogP contribution in [0.2, 0.25) is 0 Å². The van der Waals surface area contributed by atoms with Crippen LogP contribution in [0, 0.1) is 5.92 Å². The molecule has 0 rings (SSSR count). The van der Waals surface area contributed by atoms with Crippen molar-refractivity contribution in [2.45, 2.75) is 59.3 Å². The van der Waals surface area contributed by atoms with E-state index in [1.807, 2.05) is 7.05 Å². The van der Waals surface area contributed by atoms with Crippen molar-refractivity contribution in [3.05, 3.63) is 11.8 Å². The van der Waals surface area contributed by atoms with E-state index in [9.17, 15) is 0 Å². The van der Waals surface area contributed by atoms with E-state index >= 15 is 0 Å². The van der Waals surface area contributed by atoms with E-state index in [2.05, 4.69) is 37.7 Å². The zero-order chi connectivity index (χ0) is 11.5. The van der Waals surface area contributed by atoms with Gasteiger partial charge in [-0.25, -0.2) is 5.43 Å². The van der Waals surface area contributed by atoms with Gasteiger partial charge in [0, 0.05) is 12.7 Å². The Morgan fingerprint density at radius 1 is 1.20 bits per heavy atom. The third kappa shape index (κ3) is 8.49. The van der Waals surface area contributed by atoms with Crippen LogP contribution in [0.4, 0.5) is 0 Å². The van der Waals surface area contributed by atoms with Crippen LogP contribution < -0.4 is 10.9 Å². The largest absolute Gasteiger partial charge is 0.326 e. The van der Waals surface area contributed by atoms with Crippen molar-refractivity contribution in [3.63, 3.8) is 0 Å². The summed E-state index contributed by atoms with van der Waals surface area (Å²) in [4.78, 5) is 0. The summed E-state index contributed by atoms with van der Waals surface area (Å²) >= 11 is 0. The van der Waals surface area contributed by atoms with Crippen LogP contribution >= 0.6 is 0 Å². The summed E-state index contributed by atoms with van der Waals surface area (Å²) < 4.78 is 0. The minimum atomic E-state index is 0.692. The lowest BCUT2D eigenvalue weighted by molar-refractivity contribution is 0.550. The second kappa shape index (κ2) is 10.0. The Labute approximate surface area is 95.5 Å². The first-order chi connectivity index (χ1) is 7.24. The predicted octanol–water partition coefficient (Wildman–Crippen LogP) is 3.61. The number of unbranched alkanes of at least 4 members (excludes halogenated alkanes) is 3. The minimum Gasteiger partial charge on any atom is -0.326 e. The summed E-state index contributed by atoms with van der Waals surface area (Å²) in [5, 5.41) is 0. The zero-order valence-electron chi connectivity index (χ0n) is 10.9. The summed E-state index contributed by atoms with van der Waals surface area (Å²) in [5.74, 6) is 0.692. The molecule has 2 N–H and O–H groups in total. The van der Waals surface area contributed by atoms with Gasteiger partial charge in [0.25, 0.3) is 0 Å². The van der Waals surface area contributed by atoms with Crippen molar-refractivity contribution >= 4 is 0 Å². The van der Waals surface area contributed by atoms with Crippen LogP contribution in [0.25, 0.3) is 0 Å². The average Bonchev–Trinajstić information content (AvgIpc) is 2.24. The van der Waals surface area contributed by atoms with Crippen LogP contribution in [0.15, 0.2) is 11.8 Å². The fraction of sp³-hybridized carbons (Fsp3) is 0.846. The first kappa shape index (κ1) is 14.5. The molecule has 0 aliphatic heterocycles. The normalized spacial score (nSPS) is 14.0. The van der Waals surface area contributed by atoms with Gasteiger partial charge >= 0.3 is 0 Å². The molecule has 0 aliphatic rings. The molecule has 0 heterocycles. The number of allylic oxidation sites excluding steroid dienone is 2. The van der Waals surface area contributed by atoms with Crippen molar-refractivity contribution in [1.82, 2.24) is 10.9 Å². The molecule has 0 aromatic heterocycles. The molecule has 0 fully saturated rings. The smallest absolute Gasteiger partial charge is 0.0221 e. The molecule has 1 atom stereocenters. The average molecular weight is 212 g/mol. The molecule has 0 amide bonds. The van der Waals surface area contributed by atoms with Gasteiger partial charge in [-0.15, -0.1) is 0 Å². The molecule has 15 heavy (non-hydrogen) atoms. The van der Waals surface area contributed by atoms with Crippen LogP contribution in [-0.4, -0.2) is 7.05 Å². The molecular formula is C13H28N2. The molecule has 0 aliphatic carbocycles. The first-order valence-electron chi connectivity index (χ1n) is 6.38. The third-order valence-corrected chi connectivity index (χ3v) is 2.67.